The highest BCUT2D eigenvalue weighted by molar-refractivity contribution is 6.21. The van der Waals surface area contributed by atoms with Crippen LogP contribution in [0, 0.1) is 5.41 Å². The standard InChI is InChI=1S/C16H14N6/c17-15(18)14(13-3-1-2-6-20-13)16-21-9-12(10-22-16)11-4-7-19-8-5-11/h1-10,21H,(H3,17,18)/b16-14+. The summed E-state index contributed by atoms with van der Waals surface area (Å²) < 4.78 is 0. The molecule has 3 rings (SSSR count). The molecule has 1 aliphatic heterocycles. The lowest BCUT2D eigenvalue weighted by Gasteiger charge is -2.15. The molecule has 0 fully saturated rings. The molecule has 108 valence electrons. The van der Waals surface area contributed by atoms with E-state index in [0.29, 0.717) is 17.1 Å². The molecule has 0 atom stereocenters. The van der Waals surface area contributed by atoms with Crippen LogP contribution >= 0.6 is 0 Å². The third-order valence-electron chi connectivity index (χ3n) is 3.14. The lowest BCUT2D eigenvalue weighted by Crippen LogP contribution is -2.20. The minimum absolute atomic E-state index is 0.0842. The largest absolute Gasteiger partial charge is 0.384 e. The molecule has 3 heterocycles. The van der Waals surface area contributed by atoms with Crippen molar-refractivity contribution in [2.45, 2.75) is 0 Å². The van der Waals surface area contributed by atoms with Gasteiger partial charge in [0.15, 0.2) is 0 Å². The van der Waals surface area contributed by atoms with Crippen molar-refractivity contribution in [2.24, 2.45) is 10.7 Å². The lowest BCUT2D eigenvalue weighted by atomic mass is 10.1. The Bertz CT molecular complexity index is 775. The third kappa shape index (κ3) is 2.76. The number of hydrogen-bond acceptors (Lipinski definition) is 5. The highest BCUT2D eigenvalue weighted by atomic mass is 15.0. The second kappa shape index (κ2) is 6.01. The van der Waals surface area contributed by atoms with Crippen LogP contribution in [0.15, 0.2) is 65.9 Å². The predicted octanol–water partition coefficient (Wildman–Crippen LogP) is 1.80. The van der Waals surface area contributed by atoms with Gasteiger partial charge >= 0.3 is 0 Å². The van der Waals surface area contributed by atoms with Crippen LogP contribution in [-0.4, -0.2) is 22.0 Å². The Morgan fingerprint density at radius 2 is 1.91 bits per heavy atom. The Kier molecular flexibility index (Phi) is 3.74. The molecule has 4 N–H and O–H groups in total. The quantitative estimate of drug-likeness (QED) is 0.592. The van der Waals surface area contributed by atoms with E-state index < -0.39 is 0 Å². The number of nitrogens with zero attached hydrogens (tertiary/aromatic N) is 3. The van der Waals surface area contributed by atoms with Gasteiger partial charge in [-0.3, -0.25) is 15.4 Å². The van der Waals surface area contributed by atoms with Crippen molar-refractivity contribution in [1.29, 1.82) is 5.41 Å². The Balaban J connectivity index is 1.95. The Morgan fingerprint density at radius 1 is 1.09 bits per heavy atom. The SMILES string of the molecule is N=C(N)/C(=C1/N=CC(c2ccncc2)=CN1)c1ccccn1. The average Bonchev–Trinajstić information content (AvgIpc) is 2.57. The smallest absolute Gasteiger partial charge is 0.143 e. The Morgan fingerprint density at radius 3 is 2.50 bits per heavy atom. The summed E-state index contributed by atoms with van der Waals surface area (Å²) in [5, 5.41) is 10.9. The molecule has 0 saturated heterocycles. The van der Waals surface area contributed by atoms with Crippen LogP contribution in [0.1, 0.15) is 11.3 Å². The molecule has 22 heavy (non-hydrogen) atoms. The van der Waals surface area contributed by atoms with Gasteiger partial charge in [-0.2, -0.15) is 0 Å². The number of rotatable bonds is 3. The number of amidine groups is 1. The Labute approximate surface area is 127 Å². The number of pyridine rings is 2. The third-order valence-corrected chi connectivity index (χ3v) is 3.14. The van der Waals surface area contributed by atoms with Crippen LogP contribution in [0.4, 0.5) is 0 Å². The molecule has 2 aromatic rings. The fraction of sp³-hybridized carbons (Fsp3) is 0. The molecule has 0 unspecified atom stereocenters. The zero-order chi connectivity index (χ0) is 15.4. The van der Waals surface area contributed by atoms with Crippen molar-refractivity contribution in [3.05, 3.63) is 72.2 Å². The normalized spacial score (nSPS) is 15.7. The minimum atomic E-state index is -0.0842. The van der Waals surface area contributed by atoms with Crippen molar-refractivity contribution in [2.75, 3.05) is 0 Å². The van der Waals surface area contributed by atoms with Crippen molar-refractivity contribution >= 4 is 23.2 Å². The second-order valence-electron chi connectivity index (χ2n) is 4.59. The van der Waals surface area contributed by atoms with Crippen LogP contribution in [0.25, 0.3) is 11.1 Å². The van der Waals surface area contributed by atoms with Crippen molar-refractivity contribution < 1.29 is 0 Å². The van der Waals surface area contributed by atoms with Crippen LogP contribution in [0.3, 0.4) is 0 Å². The van der Waals surface area contributed by atoms with Gasteiger partial charge in [-0.05, 0) is 29.8 Å². The van der Waals surface area contributed by atoms with Gasteiger partial charge in [0.1, 0.15) is 11.7 Å². The molecule has 0 amide bonds. The number of aliphatic imine (C=N–C) groups is 1. The fourth-order valence-corrected chi connectivity index (χ4v) is 2.09. The van der Waals surface area contributed by atoms with E-state index >= 15 is 0 Å². The van der Waals surface area contributed by atoms with Gasteiger partial charge in [-0.25, -0.2) is 4.99 Å². The summed E-state index contributed by atoms with van der Waals surface area (Å²) in [4.78, 5) is 12.6. The van der Waals surface area contributed by atoms with Gasteiger partial charge in [-0.15, -0.1) is 0 Å². The summed E-state index contributed by atoms with van der Waals surface area (Å²) in [5.41, 5.74) is 8.70. The van der Waals surface area contributed by atoms with E-state index in [4.69, 9.17) is 11.1 Å². The average molecular weight is 290 g/mol. The summed E-state index contributed by atoms with van der Waals surface area (Å²) >= 11 is 0. The second-order valence-corrected chi connectivity index (χ2v) is 4.59. The summed E-state index contributed by atoms with van der Waals surface area (Å²) in [5.74, 6) is 0.420. The predicted molar refractivity (Wildman–Crippen MR) is 86.9 cm³/mol. The first-order chi connectivity index (χ1) is 10.8. The van der Waals surface area contributed by atoms with Crippen LogP contribution in [-0.2, 0) is 0 Å². The van der Waals surface area contributed by atoms with Crippen LogP contribution < -0.4 is 11.1 Å². The Hall–Kier alpha value is -3.28. The van der Waals surface area contributed by atoms with Crippen molar-refractivity contribution in [3.63, 3.8) is 0 Å². The highest BCUT2D eigenvalue weighted by Crippen LogP contribution is 2.20. The molecule has 0 bridgehead atoms. The molecular weight excluding hydrogens is 276 g/mol. The molecule has 0 radical (unpaired) electrons. The van der Waals surface area contributed by atoms with Crippen LogP contribution in [0.2, 0.25) is 0 Å². The number of allylic oxidation sites excluding steroid dienone is 1. The molecule has 0 aromatic carbocycles. The maximum atomic E-state index is 7.78. The molecule has 6 heteroatoms. The topological polar surface area (TPSA) is 100 Å². The summed E-state index contributed by atoms with van der Waals surface area (Å²) in [6, 6.07) is 9.25. The lowest BCUT2D eigenvalue weighted by molar-refractivity contribution is 1.03. The first-order valence-electron chi connectivity index (χ1n) is 6.67. The summed E-state index contributed by atoms with van der Waals surface area (Å²) in [6.45, 7) is 0. The number of aromatic nitrogens is 2. The van der Waals surface area contributed by atoms with E-state index in [1.807, 2.05) is 30.5 Å². The first kappa shape index (κ1) is 13.7. The maximum Gasteiger partial charge on any atom is 0.143 e. The molecule has 2 aromatic heterocycles. The molecule has 1 aliphatic rings. The van der Waals surface area contributed by atoms with E-state index in [-0.39, 0.29) is 5.84 Å². The van der Waals surface area contributed by atoms with Gasteiger partial charge in [0.2, 0.25) is 0 Å². The zero-order valence-corrected chi connectivity index (χ0v) is 11.7. The van der Waals surface area contributed by atoms with Crippen molar-refractivity contribution in [1.82, 2.24) is 15.3 Å². The van der Waals surface area contributed by atoms with E-state index in [0.717, 1.165) is 11.1 Å². The number of hydrogen-bond donors (Lipinski definition) is 3. The highest BCUT2D eigenvalue weighted by Gasteiger charge is 2.15. The molecule has 0 saturated carbocycles. The van der Waals surface area contributed by atoms with Gasteiger partial charge < -0.3 is 11.1 Å². The number of nitrogens with one attached hydrogen (secondary N) is 2. The van der Waals surface area contributed by atoms with E-state index in [2.05, 4.69) is 20.3 Å². The van der Waals surface area contributed by atoms with Crippen LogP contribution in [0.5, 0.6) is 0 Å². The van der Waals surface area contributed by atoms with Crippen molar-refractivity contribution in [3.8, 4) is 0 Å². The zero-order valence-electron chi connectivity index (χ0n) is 11.7. The monoisotopic (exact) mass is 290 g/mol. The van der Waals surface area contributed by atoms with Gasteiger partial charge in [0.25, 0.3) is 0 Å². The van der Waals surface area contributed by atoms with Gasteiger partial charge in [0, 0.05) is 36.6 Å². The van der Waals surface area contributed by atoms with Gasteiger partial charge in [0.05, 0.1) is 11.3 Å². The van der Waals surface area contributed by atoms with E-state index in [1.54, 1.807) is 30.9 Å². The molecule has 0 spiro atoms. The number of nitrogens with two attached hydrogens (primary N) is 1. The fourth-order valence-electron chi connectivity index (χ4n) is 2.09. The maximum absolute atomic E-state index is 7.78. The molecule has 6 nitrogen and oxygen atoms in total. The van der Waals surface area contributed by atoms with Gasteiger partial charge in [-0.1, -0.05) is 6.07 Å². The van der Waals surface area contributed by atoms with E-state index in [9.17, 15) is 0 Å². The minimum Gasteiger partial charge on any atom is -0.384 e. The van der Waals surface area contributed by atoms with E-state index in [1.165, 1.54) is 0 Å². The molecule has 0 aliphatic carbocycles. The molecular formula is C16H14N6. The first-order valence-corrected chi connectivity index (χ1v) is 6.67. The summed E-state index contributed by atoms with van der Waals surface area (Å²) in [7, 11) is 0. The summed E-state index contributed by atoms with van der Waals surface area (Å²) in [6.07, 6.45) is 8.66.